The Bertz CT molecular complexity index is 2300. The van der Waals surface area contributed by atoms with Crippen LogP contribution in [0.3, 0.4) is 0 Å². The molecule has 0 saturated carbocycles. The van der Waals surface area contributed by atoms with Gasteiger partial charge >= 0.3 is 0 Å². The van der Waals surface area contributed by atoms with Gasteiger partial charge in [0.25, 0.3) is 0 Å². The molecule has 0 radical (unpaired) electrons. The predicted molar refractivity (Wildman–Crippen MR) is 180 cm³/mol. The first-order valence-electron chi connectivity index (χ1n) is 15.0. The first-order chi connectivity index (χ1) is 21.6. The molecule has 9 rings (SSSR count). The van der Waals surface area contributed by atoms with Gasteiger partial charge in [0.2, 0.25) is 0 Å². The van der Waals surface area contributed by atoms with Crippen LogP contribution < -0.4 is 20.2 Å². The van der Waals surface area contributed by atoms with Crippen molar-refractivity contribution in [3.63, 3.8) is 0 Å². The summed E-state index contributed by atoms with van der Waals surface area (Å²) in [5.41, 5.74) is 5.81. The summed E-state index contributed by atoms with van der Waals surface area (Å²) < 4.78 is 17.8. The highest BCUT2D eigenvalue weighted by Crippen LogP contribution is 2.49. The molecule has 2 aliphatic rings. The maximum absolute atomic E-state index is 7.06. The van der Waals surface area contributed by atoms with Crippen LogP contribution in [0.5, 0.6) is 23.0 Å². The lowest BCUT2D eigenvalue weighted by atomic mass is 10.1. The molecule has 0 atom stereocenters. The number of halogens is 2. The van der Waals surface area contributed by atoms with E-state index < -0.39 is 0 Å². The van der Waals surface area contributed by atoms with Gasteiger partial charge in [0.05, 0.1) is 21.8 Å². The van der Waals surface area contributed by atoms with Gasteiger partial charge in [-0.1, -0.05) is 73.4 Å². The quantitative estimate of drug-likeness (QED) is 0.193. The van der Waals surface area contributed by atoms with Crippen LogP contribution in [0.2, 0.25) is 10.0 Å². The fourth-order valence-corrected chi connectivity index (χ4v) is 7.22. The number of aryl methyl sites for hydroxylation is 2. The van der Waals surface area contributed by atoms with E-state index in [2.05, 4.69) is 71.5 Å². The van der Waals surface area contributed by atoms with E-state index in [9.17, 15) is 0 Å². The predicted octanol–water partition coefficient (Wildman–Crippen LogP) is 10.4. The van der Waals surface area contributed by atoms with Crippen molar-refractivity contribution in [3.05, 3.63) is 93.6 Å². The Kier molecular flexibility index (Phi) is 6.16. The minimum atomic E-state index is 0.316. The number of hydrogen-bond acceptors (Lipinski definition) is 4. The molecule has 0 spiro atoms. The molecule has 0 fully saturated rings. The first kappa shape index (κ1) is 27.1. The van der Waals surface area contributed by atoms with Gasteiger partial charge in [0, 0.05) is 34.9 Å². The smallest absolute Gasteiger partial charge is 0.175 e. The summed E-state index contributed by atoms with van der Waals surface area (Å²) in [6.45, 7) is 9.94. The molecule has 4 heterocycles. The number of para-hydroxylation sites is 2. The number of rotatable bonds is 2. The maximum atomic E-state index is 7.06. The fourth-order valence-electron chi connectivity index (χ4n) is 6.71. The summed E-state index contributed by atoms with van der Waals surface area (Å²) in [6, 6.07) is 24.8. The summed E-state index contributed by atoms with van der Waals surface area (Å²) in [6.07, 6.45) is 0. The zero-order valence-electron chi connectivity index (χ0n) is 24.7. The third-order valence-electron chi connectivity index (χ3n) is 8.49. The van der Waals surface area contributed by atoms with Crippen molar-refractivity contribution in [3.8, 4) is 23.0 Å². The van der Waals surface area contributed by atoms with Crippen LogP contribution in [0.15, 0.2) is 82.8 Å². The third-order valence-corrected chi connectivity index (χ3v) is 9.19. The van der Waals surface area contributed by atoms with Crippen molar-refractivity contribution in [2.45, 2.75) is 40.8 Å². The van der Waals surface area contributed by atoms with E-state index >= 15 is 0 Å². The molecule has 6 nitrogen and oxygen atoms in total. The molecule has 218 valence electrons. The standard InChI is InChI=1S/C34H22Cl2N4O2.C2H6/c1-3-39-21-11-7-5-9-17(21)25-23(39)15-13-19-31(25)41-33-27(35)30-34(28(36)29(33)37-19)42-32-20(38-30)14-16-24-26(32)18-10-6-8-12-22(18)40(24)4-2;1-2/h5-16H,3-4H2,1-2H3;1-2H3. The molecule has 0 N–H and O–H groups in total. The second-order valence-electron chi connectivity index (χ2n) is 10.5. The topological polar surface area (TPSA) is 53.0 Å². The number of benzene rings is 5. The van der Waals surface area contributed by atoms with E-state index in [0.29, 0.717) is 55.1 Å². The highest BCUT2D eigenvalue weighted by atomic mass is 35.5. The summed E-state index contributed by atoms with van der Waals surface area (Å²) in [5.74, 6) is 2.08. The molecular weight excluding hydrogens is 591 g/mol. The Hall–Kier alpha value is -4.52. The van der Waals surface area contributed by atoms with Gasteiger partial charge in [-0.2, -0.15) is 0 Å². The molecule has 44 heavy (non-hydrogen) atoms. The van der Waals surface area contributed by atoms with Crippen molar-refractivity contribution in [1.29, 1.82) is 0 Å². The van der Waals surface area contributed by atoms with Crippen LogP contribution in [0.1, 0.15) is 27.7 Å². The molecule has 0 amide bonds. The Balaban J connectivity index is 0.00000142. The normalized spacial score (nSPS) is 12.8. The summed E-state index contributed by atoms with van der Waals surface area (Å²) in [7, 11) is 0. The molecule has 7 aromatic rings. The van der Waals surface area contributed by atoms with E-state index in [-0.39, 0.29) is 0 Å². The van der Waals surface area contributed by atoms with Gasteiger partial charge in [-0.25, -0.2) is 9.98 Å². The minimum absolute atomic E-state index is 0.316. The molecule has 5 aromatic carbocycles. The first-order valence-corrected chi connectivity index (χ1v) is 15.8. The van der Waals surface area contributed by atoms with E-state index in [1.807, 2.05) is 38.1 Å². The second-order valence-corrected chi connectivity index (χ2v) is 11.3. The highest BCUT2D eigenvalue weighted by Gasteiger charge is 2.30. The second kappa shape index (κ2) is 10.0. The average molecular weight is 620 g/mol. The van der Waals surface area contributed by atoms with Crippen molar-refractivity contribution in [2.24, 2.45) is 9.98 Å². The number of nitrogens with zero attached hydrogens (tertiary/aromatic N) is 4. The Labute approximate surface area is 263 Å². The van der Waals surface area contributed by atoms with E-state index in [0.717, 1.165) is 56.7 Å². The number of fused-ring (bicyclic) bond motifs is 12. The fraction of sp³-hybridized carbons (Fsp3) is 0.167. The van der Waals surface area contributed by atoms with Gasteiger partial charge in [0.15, 0.2) is 23.0 Å². The van der Waals surface area contributed by atoms with E-state index in [4.69, 9.17) is 42.7 Å². The summed E-state index contributed by atoms with van der Waals surface area (Å²) in [4.78, 5) is 9.96. The number of hydrogen-bond donors (Lipinski definition) is 0. The molecule has 2 aromatic heterocycles. The van der Waals surface area contributed by atoms with Gasteiger partial charge < -0.3 is 18.6 Å². The molecule has 0 bridgehead atoms. The largest absolute Gasteiger partial charge is 0.450 e. The zero-order valence-corrected chi connectivity index (χ0v) is 26.2. The summed E-state index contributed by atoms with van der Waals surface area (Å²) >= 11 is 14.1. The van der Waals surface area contributed by atoms with Crippen molar-refractivity contribution in [1.82, 2.24) is 9.13 Å². The monoisotopic (exact) mass is 618 g/mol. The van der Waals surface area contributed by atoms with Crippen molar-refractivity contribution < 1.29 is 9.47 Å². The summed E-state index contributed by atoms with van der Waals surface area (Å²) in [5, 5.41) is 5.70. The molecule has 0 aliphatic carbocycles. The van der Waals surface area contributed by atoms with Crippen LogP contribution in [0.4, 0.5) is 11.4 Å². The maximum Gasteiger partial charge on any atom is 0.175 e. The van der Waals surface area contributed by atoms with Gasteiger partial charge in [0.1, 0.15) is 32.1 Å². The Morgan fingerprint density at radius 3 is 1.36 bits per heavy atom. The van der Waals surface area contributed by atoms with Crippen LogP contribution in [-0.2, 0) is 13.1 Å². The van der Waals surface area contributed by atoms with Crippen LogP contribution in [0, 0.1) is 0 Å². The van der Waals surface area contributed by atoms with E-state index in [1.54, 1.807) is 0 Å². The van der Waals surface area contributed by atoms with Crippen molar-refractivity contribution >= 4 is 78.2 Å². The van der Waals surface area contributed by atoms with Gasteiger partial charge in [-0.3, -0.25) is 0 Å². The van der Waals surface area contributed by atoms with Crippen LogP contribution >= 0.6 is 23.2 Å². The molecular formula is C36H28Cl2N4O2. The lowest BCUT2D eigenvalue weighted by Crippen LogP contribution is -2.22. The minimum Gasteiger partial charge on any atom is -0.450 e. The lowest BCUT2D eigenvalue weighted by Gasteiger charge is -2.22. The molecule has 8 heteroatoms. The SMILES string of the molecule is CC.CCn1c2ccccc2c2c3c(ccc21)N=c1c(Cl)c2c(c(Cl)c1O3)=Nc1ccc3c(c1O2)c1ccccc1n3CC. The lowest BCUT2D eigenvalue weighted by molar-refractivity contribution is 0.457. The average Bonchev–Trinajstić information content (AvgIpc) is 3.59. The molecule has 2 aliphatic heterocycles. The van der Waals surface area contributed by atoms with Crippen LogP contribution in [-0.4, -0.2) is 9.13 Å². The third kappa shape index (κ3) is 3.49. The zero-order chi connectivity index (χ0) is 30.3. The van der Waals surface area contributed by atoms with Gasteiger partial charge in [-0.05, 0) is 50.2 Å². The Morgan fingerprint density at radius 1 is 0.545 bits per heavy atom. The van der Waals surface area contributed by atoms with Crippen molar-refractivity contribution in [2.75, 3.05) is 0 Å². The van der Waals surface area contributed by atoms with E-state index in [1.165, 1.54) is 0 Å². The van der Waals surface area contributed by atoms with Crippen LogP contribution in [0.25, 0.3) is 43.6 Å². The van der Waals surface area contributed by atoms with Gasteiger partial charge in [-0.15, -0.1) is 0 Å². The Morgan fingerprint density at radius 2 is 0.955 bits per heavy atom. The molecule has 0 saturated heterocycles. The number of aromatic nitrogens is 2. The number of ether oxygens (including phenoxy) is 2. The highest BCUT2D eigenvalue weighted by molar-refractivity contribution is 6.35. The molecule has 0 unspecified atom stereocenters.